The van der Waals surface area contributed by atoms with Gasteiger partial charge in [0.05, 0.1) is 4.47 Å². The summed E-state index contributed by atoms with van der Waals surface area (Å²) in [6.45, 7) is 1.65. The van der Waals surface area contributed by atoms with Crippen LogP contribution in [0.25, 0.3) is 0 Å². The predicted molar refractivity (Wildman–Crippen MR) is 45.0 cm³/mol. The standard InChI is InChI=1S/C6H5BrFNO2S/c1-4-2-3-9-6(5(4)7)12(8,10)11/h2-3H,1H3. The number of hydrogen-bond donors (Lipinski definition) is 0. The first-order valence-electron chi connectivity index (χ1n) is 2.98. The minimum absolute atomic E-state index is 0.174. The van der Waals surface area contributed by atoms with Crippen LogP contribution in [0.15, 0.2) is 21.8 Å². The van der Waals surface area contributed by atoms with Crippen molar-refractivity contribution in [2.45, 2.75) is 11.9 Å². The van der Waals surface area contributed by atoms with E-state index >= 15 is 0 Å². The maximum absolute atomic E-state index is 12.4. The Labute approximate surface area is 78.0 Å². The van der Waals surface area contributed by atoms with E-state index in [0.717, 1.165) is 0 Å². The molecule has 0 radical (unpaired) electrons. The van der Waals surface area contributed by atoms with Crippen LogP contribution in [-0.4, -0.2) is 13.4 Å². The van der Waals surface area contributed by atoms with Crippen molar-refractivity contribution in [3.63, 3.8) is 0 Å². The van der Waals surface area contributed by atoms with Crippen molar-refractivity contribution in [2.75, 3.05) is 0 Å². The van der Waals surface area contributed by atoms with Gasteiger partial charge in [0.2, 0.25) is 5.03 Å². The highest BCUT2D eigenvalue weighted by Crippen LogP contribution is 2.23. The molecule has 1 aromatic heterocycles. The van der Waals surface area contributed by atoms with Gasteiger partial charge in [0.1, 0.15) is 0 Å². The number of aromatic nitrogens is 1. The molecule has 0 saturated carbocycles. The van der Waals surface area contributed by atoms with Gasteiger partial charge in [-0.05, 0) is 34.5 Å². The number of halogens is 2. The molecule has 12 heavy (non-hydrogen) atoms. The Balaban J connectivity index is 3.47. The van der Waals surface area contributed by atoms with Crippen LogP contribution in [0.1, 0.15) is 5.56 Å². The third-order valence-electron chi connectivity index (χ3n) is 1.28. The molecule has 0 aliphatic carbocycles. The number of pyridine rings is 1. The molecule has 0 aromatic carbocycles. The molecular weight excluding hydrogens is 249 g/mol. The van der Waals surface area contributed by atoms with E-state index < -0.39 is 15.2 Å². The lowest BCUT2D eigenvalue weighted by atomic mass is 10.3. The fourth-order valence-electron chi connectivity index (χ4n) is 0.685. The monoisotopic (exact) mass is 253 g/mol. The highest BCUT2D eigenvalue weighted by atomic mass is 79.9. The van der Waals surface area contributed by atoms with E-state index in [4.69, 9.17) is 0 Å². The van der Waals surface area contributed by atoms with Gasteiger partial charge in [0.25, 0.3) is 0 Å². The lowest BCUT2D eigenvalue weighted by molar-refractivity contribution is 0.547. The van der Waals surface area contributed by atoms with Crippen LogP contribution in [-0.2, 0) is 10.2 Å². The summed E-state index contributed by atoms with van der Waals surface area (Å²) in [5.41, 5.74) is 0.626. The maximum Gasteiger partial charge on any atom is 0.350 e. The molecule has 0 amide bonds. The average Bonchev–Trinajstić information content (AvgIpc) is 1.92. The van der Waals surface area contributed by atoms with Gasteiger partial charge in [0.15, 0.2) is 0 Å². The first-order valence-corrected chi connectivity index (χ1v) is 5.16. The topological polar surface area (TPSA) is 47.0 Å². The molecule has 1 rings (SSSR count). The smallest absolute Gasteiger partial charge is 0.241 e. The molecule has 6 heteroatoms. The quantitative estimate of drug-likeness (QED) is 0.718. The Hall–Kier alpha value is -0.490. The zero-order valence-electron chi connectivity index (χ0n) is 6.08. The fraction of sp³-hybridized carbons (Fsp3) is 0.167. The maximum atomic E-state index is 12.4. The van der Waals surface area contributed by atoms with E-state index in [0.29, 0.717) is 5.56 Å². The van der Waals surface area contributed by atoms with Crippen molar-refractivity contribution in [1.29, 1.82) is 0 Å². The van der Waals surface area contributed by atoms with Gasteiger partial charge in [-0.1, -0.05) is 3.89 Å². The molecule has 0 atom stereocenters. The summed E-state index contributed by atoms with van der Waals surface area (Å²) in [6, 6.07) is 1.58. The van der Waals surface area contributed by atoms with Crippen LogP contribution in [0.5, 0.6) is 0 Å². The number of hydrogen-bond acceptors (Lipinski definition) is 3. The number of aryl methyl sites for hydroxylation is 1. The molecule has 3 nitrogen and oxygen atoms in total. The van der Waals surface area contributed by atoms with Crippen LogP contribution in [0, 0.1) is 6.92 Å². The van der Waals surface area contributed by atoms with E-state index in [-0.39, 0.29) is 4.47 Å². The van der Waals surface area contributed by atoms with Crippen LogP contribution in [0.3, 0.4) is 0 Å². The zero-order valence-corrected chi connectivity index (χ0v) is 8.49. The third kappa shape index (κ3) is 1.81. The Bertz CT molecular complexity index is 404. The average molecular weight is 254 g/mol. The predicted octanol–water partition coefficient (Wildman–Crippen LogP) is 1.81. The lowest BCUT2D eigenvalue weighted by Gasteiger charge is -1.99. The molecule has 0 N–H and O–H groups in total. The van der Waals surface area contributed by atoms with E-state index in [1.54, 1.807) is 13.0 Å². The number of nitrogens with zero attached hydrogens (tertiary/aromatic N) is 1. The summed E-state index contributed by atoms with van der Waals surface area (Å²) >= 11 is 2.93. The molecule has 0 aliphatic rings. The van der Waals surface area contributed by atoms with E-state index in [2.05, 4.69) is 20.9 Å². The van der Waals surface area contributed by atoms with Gasteiger partial charge in [0, 0.05) is 6.20 Å². The second-order valence-electron chi connectivity index (χ2n) is 2.18. The van der Waals surface area contributed by atoms with Crippen molar-refractivity contribution >= 4 is 26.2 Å². The van der Waals surface area contributed by atoms with Gasteiger partial charge in [-0.15, -0.1) is 0 Å². The lowest BCUT2D eigenvalue weighted by Crippen LogP contribution is -1.98. The second-order valence-corrected chi connectivity index (χ2v) is 4.24. The van der Waals surface area contributed by atoms with Crippen LogP contribution in [0.2, 0.25) is 0 Å². The Morgan fingerprint density at radius 2 is 2.17 bits per heavy atom. The number of rotatable bonds is 1. The fourth-order valence-corrected chi connectivity index (χ4v) is 2.06. The van der Waals surface area contributed by atoms with Crippen LogP contribution >= 0.6 is 15.9 Å². The van der Waals surface area contributed by atoms with E-state index in [1.165, 1.54) is 6.20 Å². The summed E-state index contributed by atoms with van der Waals surface area (Å²) in [4.78, 5) is 3.40. The minimum Gasteiger partial charge on any atom is -0.241 e. The third-order valence-corrected chi connectivity index (χ3v) is 3.32. The van der Waals surface area contributed by atoms with Gasteiger partial charge in [-0.2, -0.15) is 8.42 Å². The van der Waals surface area contributed by atoms with Crippen molar-refractivity contribution in [2.24, 2.45) is 0 Å². The summed E-state index contributed by atoms with van der Waals surface area (Å²) < 4.78 is 33.5. The second kappa shape index (κ2) is 3.10. The molecule has 0 spiro atoms. The normalized spacial score (nSPS) is 11.6. The Kier molecular flexibility index (Phi) is 2.48. The van der Waals surface area contributed by atoms with Gasteiger partial charge in [-0.3, -0.25) is 0 Å². The molecule has 66 valence electrons. The Morgan fingerprint density at radius 3 is 2.58 bits per heavy atom. The molecule has 1 heterocycles. The van der Waals surface area contributed by atoms with Crippen LogP contribution < -0.4 is 0 Å². The first-order chi connectivity index (χ1) is 5.43. The van der Waals surface area contributed by atoms with E-state index in [9.17, 15) is 12.3 Å². The SMILES string of the molecule is Cc1ccnc(S(=O)(=O)F)c1Br. The summed E-state index contributed by atoms with van der Waals surface area (Å²) in [5, 5.41) is -0.567. The molecule has 0 aliphatic heterocycles. The summed E-state index contributed by atoms with van der Waals surface area (Å²) in [5.74, 6) is 0. The molecule has 0 fully saturated rings. The van der Waals surface area contributed by atoms with Crippen LogP contribution in [0.4, 0.5) is 3.89 Å². The van der Waals surface area contributed by atoms with Gasteiger partial charge >= 0.3 is 10.2 Å². The van der Waals surface area contributed by atoms with Crippen molar-refractivity contribution in [1.82, 2.24) is 4.98 Å². The molecule has 0 saturated heterocycles. The molecule has 0 unspecified atom stereocenters. The molecule has 1 aromatic rings. The molecular formula is C6H5BrFNO2S. The van der Waals surface area contributed by atoms with Gasteiger partial charge < -0.3 is 0 Å². The first kappa shape index (κ1) is 9.60. The van der Waals surface area contributed by atoms with Crippen molar-refractivity contribution in [3.05, 3.63) is 22.3 Å². The van der Waals surface area contributed by atoms with Crippen molar-refractivity contribution in [3.8, 4) is 0 Å². The largest absolute Gasteiger partial charge is 0.350 e. The van der Waals surface area contributed by atoms with Crippen molar-refractivity contribution < 1.29 is 12.3 Å². The minimum atomic E-state index is -4.71. The Morgan fingerprint density at radius 1 is 1.58 bits per heavy atom. The molecule has 0 bridgehead atoms. The van der Waals surface area contributed by atoms with E-state index in [1.807, 2.05) is 0 Å². The highest BCUT2D eigenvalue weighted by molar-refractivity contribution is 9.10. The highest BCUT2D eigenvalue weighted by Gasteiger charge is 2.18. The van der Waals surface area contributed by atoms with Gasteiger partial charge in [-0.25, -0.2) is 4.98 Å². The zero-order chi connectivity index (χ0) is 9.35. The summed E-state index contributed by atoms with van der Waals surface area (Å²) in [7, 11) is -4.71. The summed E-state index contributed by atoms with van der Waals surface area (Å²) in [6.07, 6.45) is 1.24.